The molecule has 1 fully saturated rings. The van der Waals surface area contributed by atoms with Crippen molar-refractivity contribution >= 4 is 35.2 Å². The molecule has 0 spiro atoms. The molecule has 146 valence electrons. The van der Waals surface area contributed by atoms with Crippen LogP contribution in [0.2, 0.25) is 0 Å². The molecule has 2 aliphatic rings. The van der Waals surface area contributed by atoms with Crippen LogP contribution in [-0.2, 0) is 14.4 Å². The molecule has 0 radical (unpaired) electrons. The molecular formula is C19H26N4O3S. The predicted octanol–water partition coefficient (Wildman–Crippen LogP) is 0.748. The molecule has 0 unspecified atom stereocenters. The fraction of sp³-hybridized carbons (Fsp3) is 0.526. The van der Waals surface area contributed by atoms with E-state index in [-0.39, 0.29) is 24.3 Å². The minimum absolute atomic E-state index is 0.0277. The number of fused-ring (bicyclic) bond motifs is 1. The number of hydrogen-bond acceptors (Lipinski definition) is 5. The number of para-hydroxylation sites is 1. The quantitative estimate of drug-likeness (QED) is 0.759. The number of carbonyl (C=O) groups excluding carboxylic acids is 3. The molecule has 0 atom stereocenters. The van der Waals surface area contributed by atoms with E-state index in [0.29, 0.717) is 31.9 Å². The molecule has 0 aliphatic carbocycles. The van der Waals surface area contributed by atoms with Gasteiger partial charge in [0.05, 0.1) is 18.0 Å². The zero-order valence-corrected chi connectivity index (χ0v) is 16.7. The van der Waals surface area contributed by atoms with Crippen LogP contribution in [0.3, 0.4) is 0 Å². The molecule has 1 saturated heterocycles. The van der Waals surface area contributed by atoms with Crippen molar-refractivity contribution in [1.82, 2.24) is 14.7 Å². The van der Waals surface area contributed by atoms with E-state index in [1.54, 1.807) is 23.9 Å². The van der Waals surface area contributed by atoms with Gasteiger partial charge < -0.3 is 14.7 Å². The van der Waals surface area contributed by atoms with E-state index in [2.05, 4.69) is 4.90 Å². The first kappa shape index (κ1) is 19.7. The molecule has 2 aliphatic heterocycles. The molecule has 27 heavy (non-hydrogen) atoms. The van der Waals surface area contributed by atoms with Gasteiger partial charge in [-0.25, -0.2) is 0 Å². The Labute approximate surface area is 164 Å². The number of rotatable bonds is 4. The Morgan fingerprint density at radius 3 is 2.63 bits per heavy atom. The third-order valence-corrected chi connectivity index (χ3v) is 5.95. The van der Waals surface area contributed by atoms with Crippen LogP contribution in [0, 0.1) is 0 Å². The van der Waals surface area contributed by atoms with Crippen LogP contribution in [0.1, 0.15) is 6.42 Å². The Bertz CT molecular complexity index is 725. The van der Waals surface area contributed by atoms with Gasteiger partial charge in [-0.3, -0.25) is 19.3 Å². The van der Waals surface area contributed by atoms with Gasteiger partial charge in [0, 0.05) is 45.2 Å². The molecule has 2 heterocycles. The second-order valence-corrected chi connectivity index (χ2v) is 8.05. The third-order valence-electron chi connectivity index (χ3n) is 4.90. The Hall–Kier alpha value is -2.06. The molecule has 3 rings (SSSR count). The van der Waals surface area contributed by atoms with E-state index in [0.717, 1.165) is 23.5 Å². The lowest BCUT2D eigenvalue weighted by Gasteiger charge is -2.30. The Morgan fingerprint density at radius 1 is 1.07 bits per heavy atom. The van der Waals surface area contributed by atoms with E-state index < -0.39 is 0 Å². The summed E-state index contributed by atoms with van der Waals surface area (Å²) < 4.78 is 0. The number of benzene rings is 1. The Balaban J connectivity index is 1.60. The monoisotopic (exact) mass is 390 g/mol. The topological polar surface area (TPSA) is 64.2 Å². The van der Waals surface area contributed by atoms with Crippen LogP contribution in [0.4, 0.5) is 5.69 Å². The highest BCUT2D eigenvalue weighted by Gasteiger charge is 2.29. The van der Waals surface area contributed by atoms with Gasteiger partial charge in [-0.2, -0.15) is 0 Å². The number of hydrogen-bond donors (Lipinski definition) is 0. The van der Waals surface area contributed by atoms with E-state index in [9.17, 15) is 14.4 Å². The van der Waals surface area contributed by atoms with Crippen LogP contribution in [0.5, 0.6) is 0 Å². The molecular weight excluding hydrogens is 364 g/mol. The SMILES string of the molecule is CN(C)C(=O)CN1CCCN(C(=O)CN2C(=O)CSc3ccccc32)CC1. The Morgan fingerprint density at radius 2 is 1.85 bits per heavy atom. The summed E-state index contributed by atoms with van der Waals surface area (Å²) in [5, 5.41) is 0. The second-order valence-electron chi connectivity index (χ2n) is 7.03. The van der Waals surface area contributed by atoms with E-state index in [4.69, 9.17) is 0 Å². The second kappa shape index (κ2) is 8.75. The average molecular weight is 391 g/mol. The molecule has 0 N–H and O–H groups in total. The van der Waals surface area contributed by atoms with Gasteiger partial charge in [0.1, 0.15) is 6.54 Å². The highest BCUT2D eigenvalue weighted by molar-refractivity contribution is 8.00. The standard InChI is InChI=1S/C19H26N4O3S/c1-20(2)17(24)12-21-8-5-9-22(11-10-21)18(25)13-23-15-6-3-4-7-16(15)27-14-19(23)26/h3-4,6-7H,5,8-14H2,1-2H3. The average Bonchev–Trinajstić information content (AvgIpc) is 2.89. The molecule has 1 aromatic rings. The third kappa shape index (κ3) is 4.81. The van der Waals surface area contributed by atoms with Crippen LogP contribution < -0.4 is 4.90 Å². The molecule has 0 aromatic heterocycles. The molecule has 1 aromatic carbocycles. The normalized spacial score (nSPS) is 18.1. The fourth-order valence-corrected chi connectivity index (χ4v) is 4.21. The maximum absolute atomic E-state index is 12.8. The molecule has 8 heteroatoms. The van der Waals surface area contributed by atoms with Gasteiger partial charge in [-0.15, -0.1) is 11.8 Å². The lowest BCUT2D eigenvalue weighted by molar-refractivity contribution is -0.131. The number of nitrogens with zero attached hydrogens (tertiary/aromatic N) is 4. The van der Waals surface area contributed by atoms with Gasteiger partial charge >= 0.3 is 0 Å². The highest BCUT2D eigenvalue weighted by atomic mass is 32.2. The van der Waals surface area contributed by atoms with Crippen LogP contribution in [0.25, 0.3) is 0 Å². The van der Waals surface area contributed by atoms with Crippen molar-refractivity contribution in [3.8, 4) is 0 Å². The number of amides is 3. The molecule has 7 nitrogen and oxygen atoms in total. The number of anilines is 1. The summed E-state index contributed by atoms with van der Waals surface area (Å²) in [6.45, 7) is 3.16. The fourth-order valence-electron chi connectivity index (χ4n) is 3.27. The zero-order chi connectivity index (χ0) is 19.4. The van der Waals surface area contributed by atoms with Crippen LogP contribution in [-0.4, -0.2) is 91.5 Å². The van der Waals surface area contributed by atoms with Crippen molar-refractivity contribution in [3.05, 3.63) is 24.3 Å². The Kier molecular flexibility index (Phi) is 6.38. The maximum atomic E-state index is 12.8. The predicted molar refractivity (Wildman–Crippen MR) is 106 cm³/mol. The van der Waals surface area contributed by atoms with Crippen LogP contribution >= 0.6 is 11.8 Å². The zero-order valence-electron chi connectivity index (χ0n) is 15.9. The number of thioether (sulfide) groups is 1. The summed E-state index contributed by atoms with van der Waals surface area (Å²) in [7, 11) is 3.50. The molecule has 0 bridgehead atoms. The summed E-state index contributed by atoms with van der Waals surface area (Å²) in [6.07, 6.45) is 0.826. The van der Waals surface area contributed by atoms with Crippen molar-refractivity contribution in [2.75, 3.05) is 64.0 Å². The maximum Gasteiger partial charge on any atom is 0.242 e. The molecule has 3 amide bonds. The molecule has 0 saturated carbocycles. The first-order valence-electron chi connectivity index (χ1n) is 9.18. The lowest BCUT2D eigenvalue weighted by atomic mass is 10.2. The number of carbonyl (C=O) groups is 3. The van der Waals surface area contributed by atoms with Gasteiger partial charge in [0.2, 0.25) is 17.7 Å². The first-order valence-corrected chi connectivity index (χ1v) is 10.2. The van der Waals surface area contributed by atoms with E-state index in [1.165, 1.54) is 11.8 Å². The minimum Gasteiger partial charge on any atom is -0.348 e. The van der Waals surface area contributed by atoms with Gasteiger partial charge in [-0.1, -0.05) is 12.1 Å². The summed E-state index contributed by atoms with van der Waals surface area (Å²) in [4.78, 5) is 45.3. The van der Waals surface area contributed by atoms with Gasteiger partial charge in [0.15, 0.2) is 0 Å². The van der Waals surface area contributed by atoms with Gasteiger partial charge in [0.25, 0.3) is 0 Å². The van der Waals surface area contributed by atoms with Crippen molar-refractivity contribution in [2.24, 2.45) is 0 Å². The minimum atomic E-state index is -0.0363. The van der Waals surface area contributed by atoms with Crippen molar-refractivity contribution in [2.45, 2.75) is 11.3 Å². The van der Waals surface area contributed by atoms with Crippen molar-refractivity contribution < 1.29 is 14.4 Å². The van der Waals surface area contributed by atoms with E-state index >= 15 is 0 Å². The van der Waals surface area contributed by atoms with Crippen molar-refractivity contribution in [3.63, 3.8) is 0 Å². The van der Waals surface area contributed by atoms with Crippen LogP contribution in [0.15, 0.2) is 29.2 Å². The van der Waals surface area contributed by atoms with E-state index in [1.807, 2.05) is 29.2 Å². The summed E-state index contributed by atoms with van der Waals surface area (Å²) in [5.74, 6) is 0.374. The first-order chi connectivity index (χ1) is 13.0. The number of likely N-dealkylation sites (N-methyl/N-ethyl adjacent to an activating group) is 1. The highest BCUT2D eigenvalue weighted by Crippen LogP contribution is 2.34. The summed E-state index contributed by atoms with van der Waals surface area (Å²) in [5.41, 5.74) is 0.820. The van der Waals surface area contributed by atoms with Gasteiger partial charge in [-0.05, 0) is 18.6 Å². The summed E-state index contributed by atoms with van der Waals surface area (Å²) in [6, 6.07) is 7.71. The van der Waals surface area contributed by atoms with Crippen molar-refractivity contribution in [1.29, 1.82) is 0 Å². The smallest absolute Gasteiger partial charge is 0.242 e. The summed E-state index contributed by atoms with van der Waals surface area (Å²) >= 11 is 1.52. The largest absolute Gasteiger partial charge is 0.348 e. The lowest BCUT2D eigenvalue weighted by Crippen LogP contribution is -2.46.